The Hall–Kier alpha value is 0.774. The molecule has 0 bridgehead atoms. The number of carbonyl (C=O) groups excluding carboxylic acids is 1. The maximum Gasteiger partial charge on any atom is 0.120 e. The summed E-state index contributed by atoms with van der Waals surface area (Å²) in [5.74, 6) is 0. The first-order valence-electron chi connectivity index (χ1n) is 2.50. The van der Waals surface area contributed by atoms with Crippen LogP contribution in [0.25, 0.3) is 0 Å². The Kier molecular flexibility index (Phi) is 6.69. The zero-order chi connectivity index (χ0) is 5.91. The van der Waals surface area contributed by atoms with Crippen molar-refractivity contribution in [2.24, 2.45) is 5.41 Å². The van der Waals surface area contributed by atoms with Gasteiger partial charge in [0.25, 0.3) is 0 Å². The summed E-state index contributed by atoms with van der Waals surface area (Å²) < 4.78 is 0. The summed E-state index contributed by atoms with van der Waals surface area (Å²) in [6.07, 6.45) is 1.62. The zero-order valence-electron chi connectivity index (χ0n) is 5.77. The Labute approximate surface area is 76.1 Å². The second-order valence-electron chi connectivity index (χ2n) is 2.93. The van der Waals surface area contributed by atoms with E-state index in [1.54, 1.807) is 0 Å². The van der Waals surface area contributed by atoms with E-state index < -0.39 is 0 Å². The molecule has 1 radical (unpaired) electrons. The van der Waals surface area contributed by atoms with Gasteiger partial charge in [-0.15, -0.1) is 0 Å². The Balaban J connectivity index is 0. The molecule has 8 heavy (non-hydrogen) atoms. The van der Waals surface area contributed by atoms with Crippen LogP contribution >= 0.6 is 0 Å². The average Bonchev–Trinajstić information content (AvgIpc) is 1.30. The molecule has 0 aromatic rings. The summed E-state index contributed by atoms with van der Waals surface area (Å²) in [6, 6.07) is 0. The summed E-state index contributed by atoms with van der Waals surface area (Å²) in [7, 11) is 0. The van der Waals surface area contributed by atoms with Crippen LogP contribution in [0.15, 0.2) is 0 Å². The van der Waals surface area contributed by atoms with Crippen molar-refractivity contribution in [3.8, 4) is 0 Å². The van der Waals surface area contributed by atoms with Crippen LogP contribution in [-0.2, 0) is 37.5 Å². The van der Waals surface area contributed by atoms with Crippen molar-refractivity contribution in [1.82, 2.24) is 0 Å². The average molecular weight is 189 g/mol. The van der Waals surface area contributed by atoms with Crippen molar-refractivity contribution in [3.05, 3.63) is 0 Å². The van der Waals surface area contributed by atoms with Gasteiger partial charge in [-0.3, -0.25) is 0 Å². The van der Waals surface area contributed by atoms with Gasteiger partial charge in [0.2, 0.25) is 0 Å². The molecule has 0 N–H and O–H groups in total. The fourth-order valence-corrected chi connectivity index (χ4v) is 0.250. The molecule has 0 rings (SSSR count). The number of carbonyl (C=O) groups is 1. The zero-order valence-corrected chi connectivity index (χ0v) is 8.61. The number of rotatable bonds is 1. The molecule has 0 spiro atoms. The first-order valence-corrected chi connectivity index (χ1v) is 2.50. The minimum atomic E-state index is 0. The largest absolute Gasteiger partial charge is 0.303 e. The van der Waals surface area contributed by atoms with Gasteiger partial charge >= 0.3 is 0 Å². The summed E-state index contributed by atoms with van der Waals surface area (Å²) in [6.45, 7) is 6.13. The van der Waals surface area contributed by atoms with Crippen LogP contribution in [0.3, 0.4) is 0 Å². The SMILES string of the molecule is CC(C)(C)CC=O.[Y]. The van der Waals surface area contributed by atoms with Crippen molar-refractivity contribution < 1.29 is 37.5 Å². The van der Waals surface area contributed by atoms with Gasteiger partial charge in [0.15, 0.2) is 0 Å². The van der Waals surface area contributed by atoms with E-state index in [-0.39, 0.29) is 38.1 Å². The molecule has 0 amide bonds. The van der Waals surface area contributed by atoms with Gasteiger partial charge in [-0.2, -0.15) is 0 Å². The van der Waals surface area contributed by atoms with Gasteiger partial charge in [0, 0.05) is 39.1 Å². The van der Waals surface area contributed by atoms with E-state index in [2.05, 4.69) is 0 Å². The molecule has 0 atom stereocenters. The van der Waals surface area contributed by atoms with Gasteiger partial charge in [0.1, 0.15) is 6.29 Å². The molecular weight excluding hydrogens is 177 g/mol. The Morgan fingerprint density at radius 1 is 1.38 bits per heavy atom. The minimum absolute atomic E-state index is 0. The molecule has 0 aliphatic carbocycles. The van der Waals surface area contributed by atoms with Crippen LogP contribution in [0, 0.1) is 5.41 Å². The molecule has 0 aromatic heterocycles. The Morgan fingerprint density at radius 3 is 1.75 bits per heavy atom. The van der Waals surface area contributed by atoms with Crippen molar-refractivity contribution in [2.45, 2.75) is 27.2 Å². The Morgan fingerprint density at radius 2 is 1.75 bits per heavy atom. The predicted octanol–water partition coefficient (Wildman–Crippen LogP) is 1.62. The number of aldehydes is 1. The molecular formula is C6H12OY. The van der Waals surface area contributed by atoms with Crippen molar-refractivity contribution in [3.63, 3.8) is 0 Å². The number of hydrogen-bond donors (Lipinski definition) is 0. The van der Waals surface area contributed by atoms with E-state index in [9.17, 15) is 4.79 Å². The van der Waals surface area contributed by atoms with Gasteiger partial charge in [0.05, 0.1) is 0 Å². The van der Waals surface area contributed by atoms with Crippen molar-refractivity contribution in [1.29, 1.82) is 0 Å². The summed E-state index contributed by atoms with van der Waals surface area (Å²) >= 11 is 0. The maximum absolute atomic E-state index is 9.82. The van der Waals surface area contributed by atoms with Crippen LogP contribution in [0.4, 0.5) is 0 Å². The fourth-order valence-electron chi connectivity index (χ4n) is 0.250. The third-order valence-corrected chi connectivity index (χ3v) is 0.696. The first kappa shape index (κ1) is 11.6. The molecule has 1 nitrogen and oxygen atoms in total. The first-order chi connectivity index (χ1) is 3.06. The van der Waals surface area contributed by atoms with Crippen molar-refractivity contribution >= 4 is 6.29 Å². The fraction of sp³-hybridized carbons (Fsp3) is 0.833. The summed E-state index contributed by atoms with van der Waals surface area (Å²) in [5, 5.41) is 0. The van der Waals surface area contributed by atoms with E-state index in [0.717, 1.165) is 6.29 Å². The van der Waals surface area contributed by atoms with Crippen LogP contribution in [0.5, 0.6) is 0 Å². The molecule has 0 aromatic carbocycles. The molecule has 0 heterocycles. The van der Waals surface area contributed by atoms with E-state index in [1.165, 1.54) is 0 Å². The quantitative estimate of drug-likeness (QED) is 0.573. The molecule has 0 unspecified atom stereocenters. The topological polar surface area (TPSA) is 17.1 Å². The third kappa shape index (κ3) is 9.91. The predicted molar refractivity (Wildman–Crippen MR) is 30.1 cm³/mol. The van der Waals surface area contributed by atoms with E-state index in [1.807, 2.05) is 20.8 Å². The maximum atomic E-state index is 9.82. The van der Waals surface area contributed by atoms with Crippen LogP contribution in [0.2, 0.25) is 0 Å². The molecule has 0 fully saturated rings. The van der Waals surface area contributed by atoms with Crippen LogP contribution in [-0.4, -0.2) is 6.29 Å². The van der Waals surface area contributed by atoms with Gasteiger partial charge in [-0.25, -0.2) is 0 Å². The van der Waals surface area contributed by atoms with Crippen molar-refractivity contribution in [2.75, 3.05) is 0 Å². The van der Waals surface area contributed by atoms with Gasteiger partial charge in [-0.1, -0.05) is 20.8 Å². The monoisotopic (exact) mass is 189 g/mol. The van der Waals surface area contributed by atoms with E-state index >= 15 is 0 Å². The van der Waals surface area contributed by atoms with Crippen LogP contribution < -0.4 is 0 Å². The molecule has 2 heteroatoms. The molecule has 45 valence electrons. The van der Waals surface area contributed by atoms with Crippen LogP contribution in [0.1, 0.15) is 27.2 Å². The summed E-state index contributed by atoms with van der Waals surface area (Å²) in [5.41, 5.74) is 0.182. The van der Waals surface area contributed by atoms with E-state index in [4.69, 9.17) is 0 Å². The second-order valence-corrected chi connectivity index (χ2v) is 2.93. The van der Waals surface area contributed by atoms with Gasteiger partial charge < -0.3 is 4.79 Å². The van der Waals surface area contributed by atoms with Gasteiger partial charge in [-0.05, 0) is 5.41 Å². The smallest absolute Gasteiger partial charge is 0.120 e. The molecule has 0 aliphatic heterocycles. The normalized spacial score (nSPS) is 9.88. The molecule has 0 saturated carbocycles. The molecule has 0 aliphatic rings. The minimum Gasteiger partial charge on any atom is -0.303 e. The standard InChI is InChI=1S/C6H12O.Y/c1-6(2,3)4-5-7;/h5H,4H2,1-3H3;. The van der Waals surface area contributed by atoms with E-state index in [0.29, 0.717) is 6.42 Å². The summed E-state index contributed by atoms with van der Waals surface area (Å²) in [4.78, 5) is 9.82. The molecule has 0 saturated heterocycles. The third-order valence-electron chi connectivity index (χ3n) is 0.696. The number of hydrogen-bond acceptors (Lipinski definition) is 1. The Bertz CT molecular complexity index is 63.4. The second kappa shape index (κ2) is 4.63.